The third kappa shape index (κ3) is 7.93. The van der Waals surface area contributed by atoms with Gasteiger partial charge in [-0.1, -0.05) is 118 Å². The summed E-state index contributed by atoms with van der Waals surface area (Å²) in [7, 11) is 0. The van der Waals surface area contributed by atoms with Gasteiger partial charge in [-0.25, -0.2) is 12.1 Å². The molecule has 42 heavy (non-hydrogen) atoms. The monoisotopic (exact) mass is 666 g/mol. The largest absolute Gasteiger partial charge is 0.214 e. The van der Waals surface area contributed by atoms with Gasteiger partial charge in [0.15, 0.2) is 0 Å². The van der Waals surface area contributed by atoms with Crippen LogP contribution in [0.2, 0.25) is 0 Å². The van der Waals surface area contributed by atoms with Crippen LogP contribution in [0.15, 0.2) is 121 Å². The van der Waals surface area contributed by atoms with Crippen molar-refractivity contribution in [3.05, 3.63) is 161 Å². The first-order valence-corrected chi connectivity index (χ1v) is 15.5. The molecule has 2 aliphatic rings. The minimum absolute atomic E-state index is 0. The summed E-state index contributed by atoms with van der Waals surface area (Å²) in [6.07, 6.45) is 3.86. The number of hydrogen-bond acceptors (Lipinski definition) is 0. The summed E-state index contributed by atoms with van der Waals surface area (Å²) in [6.45, 7) is 9.26. The molecular formula is C39H38Cl2Zr-2. The molecule has 0 radical (unpaired) electrons. The minimum atomic E-state index is -0.0591. The van der Waals surface area contributed by atoms with Crippen LogP contribution < -0.4 is 24.8 Å². The first kappa shape index (κ1) is 34.1. The molecule has 5 aromatic rings. The topological polar surface area (TPSA) is 0 Å². The van der Waals surface area contributed by atoms with Crippen LogP contribution in [-0.4, -0.2) is 3.21 Å². The van der Waals surface area contributed by atoms with E-state index < -0.39 is 0 Å². The zero-order valence-corrected chi connectivity index (χ0v) is 28.9. The first-order chi connectivity index (χ1) is 19.3. The van der Waals surface area contributed by atoms with Gasteiger partial charge in [-0.2, -0.15) is 42.0 Å². The summed E-state index contributed by atoms with van der Waals surface area (Å²) in [4.78, 5) is 0. The molecule has 0 heterocycles. The van der Waals surface area contributed by atoms with Gasteiger partial charge in [0.1, 0.15) is 0 Å². The van der Waals surface area contributed by atoms with E-state index in [1.165, 1.54) is 57.3 Å². The average molecular weight is 669 g/mol. The van der Waals surface area contributed by atoms with Crippen LogP contribution in [0.3, 0.4) is 0 Å². The second-order valence-corrected chi connectivity index (χ2v) is 13.6. The molecule has 0 unspecified atom stereocenters. The number of fused-ring (bicyclic) bond motifs is 3. The molecule has 0 bridgehead atoms. The molecule has 214 valence electrons. The summed E-state index contributed by atoms with van der Waals surface area (Å²) in [5.41, 5.74) is 10.7. The molecule has 0 aliphatic heterocycles. The molecule has 0 N–H and O–H groups in total. The Bertz CT molecular complexity index is 1440. The standard InChI is InChI=1S/C31H29.C5H5.C3H4.2ClH.Zr/c1-30(2,24-11-7-5-8-12-24)26-17-15-22-19-23-16-18-27(21-29(23)28(22)20-26)31(3,4)25-13-9-6-10-14-25;1-2-4-5-3-1;1-2-3-1;;;/h5-15,17-18,20-21H,19H2,1-4H3;1-5H;1-2H2;2*1H;/q2*-1;;;;+2/p-2. The van der Waals surface area contributed by atoms with Crippen molar-refractivity contribution in [3.63, 3.8) is 0 Å². The first-order valence-electron chi connectivity index (χ1n) is 14.3. The molecule has 5 aromatic carbocycles. The van der Waals surface area contributed by atoms with Crippen LogP contribution in [0.1, 0.15) is 73.9 Å². The Morgan fingerprint density at radius 3 is 1.60 bits per heavy atom. The third-order valence-corrected chi connectivity index (χ3v) is 9.51. The summed E-state index contributed by atoms with van der Waals surface area (Å²) < 4.78 is 1.76. The predicted octanol–water partition coefficient (Wildman–Crippen LogP) is 3.62. The molecule has 2 aliphatic carbocycles. The fourth-order valence-corrected chi connectivity index (χ4v) is 5.57. The summed E-state index contributed by atoms with van der Waals surface area (Å²) in [6, 6.07) is 46.9. The molecule has 0 spiro atoms. The molecular weight excluding hydrogens is 631 g/mol. The van der Waals surface area contributed by atoms with E-state index in [9.17, 15) is 0 Å². The van der Waals surface area contributed by atoms with Crippen LogP contribution in [0.5, 0.6) is 0 Å². The van der Waals surface area contributed by atoms with Crippen molar-refractivity contribution >= 4 is 3.21 Å². The molecule has 7 rings (SSSR count). The van der Waals surface area contributed by atoms with Crippen molar-refractivity contribution in [3.8, 4) is 11.1 Å². The van der Waals surface area contributed by atoms with Gasteiger partial charge < -0.3 is 24.8 Å². The fraction of sp³-hybridized carbons (Fsp3) is 0.231. The SMILES string of the molecule is CC(C)(c1ccccc1)c1c[c-]c2c(c1)-c1cc(C(C)(C)c3ccccc3)ccc1C2.[Cl-].[Cl-].[Zr+2]=[C]1CC1.c1cc[cH-]c1. The Morgan fingerprint density at radius 2 is 1.12 bits per heavy atom. The maximum atomic E-state index is 3.63. The van der Waals surface area contributed by atoms with Crippen molar-refractivity contribution in [2.45, 2.75) is 57.8 Å². The van der Waals surface area contributed by atoms with Crippen LogP contribution in [0, 0.1) is 6.07 Å². The quantitative estimate of drug-likeness (QED) is 0.252. The Kier molecular flexibility index (Phi) is 12.0. The van der Waals surface area contributed by atoms with Crippen LogP contribution in [0.4, 0.5) is 0 Å². The molecule has 0 amide bonds. The minimum Gasteiger partial charge on any atom is -0.214 e. The van der Waals surface area contributed by atoms with Crippen LogP contribution in [0.25, 0.3) is 11.1 Å². The smallest absolute Gasteiger partial charge is 0.172 e. The molecule has 0 nitrogen and oxygen atoms in total. The van der Waals surface area contributed by atoms with E-state index >= 15 is 0 Å². The number of hydrogen-bond donors (Lipinski definition) is 0. The predicted molar refractivity (Wildman–Crippen MR) is 167 cm³/mol. The summed E-state index contributed by atoms with van der Waals surface area (Å²) >= 11 is 1.66. The van der Waals surface area contributed by atoms with Crippen LogP contribution in [-0.2, 0) is 41.5 Å². The van der Waals surface area contributed by atoms with Gasteiger partial charge in [0.2, 0.25) is 0 Å². The van der Waals surface area contributed by atoms with Crippen molar-refractivity contribution in [2.75, 3.05) is 0 Å². The Morgan fingerprint density at radius 1 is 0.619 bits per heavy atom. The van der Waals surface area contributed by atoms with E-state index in [1.807, 2.05) is 30.3 Å². The van der Waals surface area contributed by atoms with Crippen molar-refractivity contribution in [2.24, 2.45) is 0 Å². The van der Waals surface area contributed by atoms with Gasteiger partial charge in [-0.05, 0) is 28.5 Å². The van der Waals surface area contributed by atoms with Crippen molar-refractivity contribution < 1.29 is 49.0 Å². The van der Waals surface area contributed by atoms with Gasteiger partial charge >= 0.3 is 40.3 Å². The van der Waals surface area contributed by atoms with Crippen LogP contribution >= 0.6 is 0 Å². The van der Waals surface area contributed by atoms with Crippen molar-refractivity contribution in [1.82, 2.24) is 0 Å². The Labute approximate surface area is 280 Å². The molecule has 1 saturated carbocycles. The van der Waals surface area contributed by atoms with E-state index in [1.54, 1.807) is 27.4 Å². The molecule has 0 atom stereocenters. The van der Waals surface area contributed by atoms with Gasteiger partial charge in [-0.15, -0.1) is 11.1 Å². The molecule has 0 aromatic heterocycles. The van der Waals surface area contributed by atoms with E-state index in [4.69, 9.17) is 0 Å². The van der Waals surface area contributed by atoms with E-state index in [2.05, 4.69) is 125 Å². The Balaban J connectivity index is 0.000000376. The second-order valence-electron chi connectivity index (χ2n) is 11.9. The van der Waals surface area contributed by atoms with Gasteiger partial charge in [0.05, 0.1) is 0 Å². The zero-order valence-electron chi connectivity index (χ0n) is 24.9. The zero-order chi connectivity index (χ0) is 28.2. The molecule has 3 heteroatoms. The normalized spacial score (nSPS) is 12.7. The van der Waals surface area contributed by atoms with Crippen molar-refractivity contribution in [1.29, 1.82) is 0 Å². The van der Waals surface area contributed by atoms with Gasteiger partial charge in [0, 0.05) is 5.41 Å². The van der Waals surface area contributed by atoms with E-state index in [0.717, 1.165) is 6.42 Å². The molecule has 1 fully saturated rings. The summed E-state index contributed by atoms with van der Waals surface area (Å²) in [5, 5.41) is 0. The maximum absolute atomic E-state index is 3.63. The fourth-order valence-electron chi connectivity index (χ4n) is 5.26. The Hall–Kier alpha value is -2.44. The third-order valence-electron chi connectivity index (χ3n) is 8.28. The number of rotatable bonds is 4. The number of benzene rings is 4. The number of halogens is 2. The van der Waals surface area contributed by atoms with Gasteiger partial charge in [0.25, 0.3) is 0 Å². The van der Waals surface area contributed by atoms with Gasteiger partial charge in [-0.3, -0.25) is 0 Å². The van der Waals surface area contributed by atoms with E-state index in [-0.39, 0.29) is 35.6 Å². The molecule has 0 saturated heterocycles. The second kappa shape index (κ2) is 14.8. The summed E-state index contributed by atoms with van der Waals surface area (Å²) in [5.74, 6) is 0. The maximum Gasteiger partial charge on any atom is -0.172 e. The average Bonchev–Trinajstić information content (AvgIpc) is 3.41. The van der Waals surface area contributed by atoms with E-state index in [0.29, 0.717) is 0 Å².